The van der Waals surface area contributed by atoms with Gasteiger partial charge in [0.1, 0.15) is 0 Å². The Bertz CT molecular complexity index is 767. The Morgan fingerprint density at radius 1 is 1.45 bits per heavy atom. The molecule has 0 N–H and O–H groups in total. The first-order chi connectivity index (χ1) is 10.5. The lowest BCUT2D eigenvalue weighted by atomic mass is 9.95. The molecule has 1 atom stereocenters. The van der Waals surface area contributed by atoms with Crippen LogP contribution in [0.2, 0.25) is 5.02 Å². The number of carbonyl (C=O) groups is 1. The average molecular weight is 339 g/mol. The number of hydrogen-bond acceptors (Lipinski definition) is 5. The second kappa shape index (κ2) is 5.95. The van der Waals surface area contributed by atoms with Crippen molar-refractivity contribution < 1.29 is 18.1 Å². The first-order valence-corrected chi connectivity index (χ1v) is 8.44. The highest BCUT2D eigenvalue weighted by Gasteiger charge is 2.33. The van der Waals surface area contributed by atoms with Crippen molar-refractivity contribution in [2.75, 3.05) is 0 Å². The normalized spacial score (nSPS) is 15.8. The monoisotopic (exact) mass is 338 g/mol. The van der Waals surface area contributed by atoms with Crippen LogP contribution in [-0.2, 0) is 16.8 Å². The summed E-state index contributed by atoms with van der Waals surface area (Å²) < 4.78 is 27.4. The number of ketones is 1. The van der Waals surface area contributed by atoms with Gasteiger partial charge in [-0.05, 0) is 43.0 Å². The molecule has 0 bridgehead atoms. The maximum absolute atomic E-state index is 12.8. The molecular weight excluding hydrogens is 326 g/mol. The minimum Gasteiger partial charge on any atom is -0.772 e. The smallest absolute Gasteiger partial charge is 0.198 e. The number of halogens is 1. The van der Waals surface area contributed by atoms with E-state index in [2.05, 4.69) is 5.16 Å². The fourth-order valence-electron chi connectivity index (χ4n) is 2.45. The maximum Gasteiger partial charge on any atom is 0.198 e. The van der Waals surface area contributed by atoms with E-state index >= 15 is 0 Å². The Labute approximate surface area is 134 Å². The average Bonchev–Trinajstić information content (AvgIpc) is 3.20. The van der Waals surface area contributed by atoms with Crippen LogP contribution < -0.4 is 0 Å². The Kier molecular flexibility index (Phi) is 4.16. The number of nitrogens with zero attached hydrogens (tertiary/aromatic N) is 1. The third kappa shape index (κ3) is 2.86. The van der Waals surface area contributed by atoms with E-state index in [-0.39, 0.29) is 17.5 Å². The standard InChI is InChI=1S/C15H14ClNO4S/c1-8-12(7-22(19)20)10(4-5-13(8)16)14(18)11-6-17-21-15(11)9-2-3-9/h4-6,9H,2-3,7H2,1H3,(H,19,20)/p-1. The quantitative estimate of drug-likeness (QED) is 0.617. The highest BCUT2D eigenvalue weighted by Crippen LogP contribution is 2.42. The predicted molar refractivity (Wildman–Crippen MR) is 80.7 cm³/mol. The predicted octanol–water partition coefficient (Wildman–Crippen LogP) is 3.12. The van der Waals surface area contributed by atoms with Crippen molar-refractivity contribution >= 4 is 28.5 Å². The summed E-state index contributed by atoms with van der Waals surface area (Å²) in [7, 11) is 0. The van der Waals surface area contributed by atoms with E-state index in [0.717, 1.165) is 12.8 Å². The van der Waals surface area contributed by atoms with E-state index in [1.54, 1.807) is 19.1 Å². The van der Waals surface area contributed by atoms with Gasteiger partial charge in [0.15, 0.2) is 11.5 Å². The van der Waals surface area contributed by atoms with Crippen LogP contribution in [0.15, 0.2) is 22.9 Å². The lowest BCUT2D eigenvalue weighted by Gasteiger charge is -2.14. The third-order valence-corrected chi connectivity index (χ3v) is 4.76. The fourth-order valence-corrected chi connectivity index (χ4v) is 3.23. The summed E-state index contributed by atoms with van der Waals surface area (Å²) in [6.07, 6.45) is 3.36. The van der Waals surface area contributed by atoms with Gasteiger partial charge in [-0.25, -0.2) is 0 Å². The molecule has 0 amide bonds. The summed E-state index contributed by atoms with van der Waals surface area (Å²) >= 11 is 3.74. The molecular formula is C15H13ClNO4S-. The van der Waals surface area contributed by atoms with Crippen molar-refractivity contribution in [1.29, 1.82) is 0 Å². The lowest BCUT2D eigenvalue weighted by molar-refractivity contribution is 0.103. The molecule has 1 aromatic heterocycles. The van der Waals surface area contributed by atoms with Gasteiger partial charge in [0, 0.05) is 22.3 Å². The maximum atomic E-state index is 12.8. The van der Waals surface area contributed by atoms with Crippen LogP contribution in [0.3, 0.4) is 0 Å². The zero-order valence-corrected chi connectivity index (χ0v) is 13.4. The van der Waals surface area contributed by atoms with Gasteiger partial charge in [0.05, 0.1) is 11.8 Å². The van der Waals surface area contributed by atoms with Crippen LogP contribution in [0.4, 0.5) is 0 Å². The lowest BCUT2D eigenvalue weighted by Crippen LogP contribution is -2.10. The summed E-state index contributed by atoms with van der Waals surface area (Å²) in [4.78, 5) is 12.8. The van der Waals surface area contributed by atoms with E-state index in [1.165, 1.54) is 6.20 Å². The Balaban J connectivity index is 2.06. The zero-order chi connectivity index (χ0) is 15.9. The largest absolute Gasteiger partial charge is 0.772 e. The van der Waals surface area contributed by atoms with Gasteiger partial charge >= 0.3 is 0 Å². The fraction of sp³-hybridized carbons (Fsp3) is 0.333. The van der Waals surface area contributed by atoms with Gasteiger partial charge in [-0.15, -0.1) is 0 Å². The van der Waals surface area contributed by atoms with Crippen LogP contribution in [-0.4, -0.2) is 19.7 Å². The Hall–Kier alpha value is -1.50. The molecule has 7 heteroatoms. The molecule has 0 spiro atoms. The molecule has 22 heavy (non-hydrogen) atoms. The highest BCUT2D eigenvalue weighted by atomic mass is 35.5. The molecule has 0 saturated heterocycles. The van der Waals surface area contributed by atoms with Crippen LogP contribution in [0.1, 0.15) is 51.6 Å². The minimum atomic E-state index is -2.31. The second-order valence-corrected chi connectivity index (χ2v) is 6.66. The van der Waals surface area contributed by atoms with Crippen molar-refractivity contribution in [3.63, 3.8) is 0 Å². The number of carbonyl (C=O) groups excluding carboxylic acids is 1. The summed E-state index contributed by atoms with van der Waals surface area (Å²) in [5.41, 5.74) is 1.76. The molecule has 116 valence electrons. The molecule has 1 saturated carbocycles. The van der Waals surface area contributed by atoms with E-state index in [1.807, 2.05) is 0 Å². The summed E-state index contributed by atoms with van der Waals surface area (Å²) in [6, 6.07) is 3.16. The second-order valence-electron chi connectivity index (χ2n) is 5.35. The van der Waals surface area contributed by atoms with Crippen molar-refractivity contribution in [2.24, 2.45) is 0 Å². The van der Waals surface area contributed by atoms with Gasteiger partial charge in [0.25, 0.3) is 0 Å². The molecule has 0 radical (unpaired) electrons. The molecule has 1 aliphatic carbocycles. The van der Waals surface area contributed by atoms with Crippen molar-refractivity contribution in [2.45, 2.75) is 31.4 Å². The first-order valence-electron chi connectivity index (χ1n) is 6.82. The van der Waals surface area contributed by atoms with Gasteiger partial charge in [-0.1, -0.05) is 27.8 Å². The molecule has 1 aliphatic rings. The van der Waals surface area contributed by atoms with Crippen LogP contribution in [0.25, 0.3) is 0 Å². The third-order valence-electron chi connectivity index (χ3n) is 3.83. The first kappa shape index (κ1) is 15.4. The van der Waals surface area contributed by atoms with Crippen molar-refractivity contribution in [3.05, 3.63) is 51.4 Å². The highest BCUT2D eigenvalue weighted by molar-refractivity contribution is 7.78. The molecule has 5 nitrogen and oxygen atoms in total. The number of benzene rings is 1. The molecule has 0 aliphatic heterocycles. The summed E-state index contributed by atoms with van der Waals surface area (Å²) in [5, 5.41) is 4.15. The van der Waals surface area contributed by atoms with E-state index in [4.69, 9.17) is 16.1 Å². The molecule has 1 heterocycles. The molecule has 3 rings (SSSR count). The van der Waals surface area contributed by atoms with Crippen LogP contribution >= 0.6 is 11.6 Å². The molecule has 1 unspecified atom stereocenters. The summed E-state index contributed by atoms with van der Waals surface area (Å²) in [5.74, 6) is 0.305. The Morgan fingerprint density at radius 3 is 2.82 bits per heavy atom. The zero-order valence-electron chi connectivity index (χ0n) is 11.8. The van der Waals surface area contributed by atoms with E-state index < -0.39 is 11.1 Å². The minimum absolute atomic E-state index is 0.243. The molecule has 1 fully saturated rings. The van der Waals surface area contributed by atoms with Crippen LogP contribution in [0, 0.1) is 6.92 Å². The van der Waals surface area contributed by atoms with Crippen molar-refractivity contribution in [1.82, 2.24) is 5.16 Å². The van der Waals surface area contributed by atoms with Gasteiger partial charge < -0.3 is 9.08 Å². The van der Waals surface area contributed by atoms with Crippen molar-refractivity contribution in [3.8, 4) is 0 Å². The van der Waals surface area contributed by atoms with E-state index in [0.29, 0.717) is 33.0 Å². The SMILES string of the molecule is Cc1c(Cl)ccc(C(=O)c2cnoc2C2CC2)c1CS(=O)[O-]. The van der Waals surface area contributed by atoms with Gasteiger partial charge in [0.2, 0.25) is 0 Å². The topological polar surface area (TPSA) is 83.2 Å². The summed E-state index contributed by atoms with van der Waals surface area (Å²) in [6.45, 7) is 1.71. The number of aromatic nitrogens is 1. The molecule has 1 aromatic carbocycles. The Morgan fingerprint density at radius 2 is 2.18 bits per heavy atom. The molecule has 2 aromatic rings. The number of hydrogen-bond donors (Lipinski definition) is 0. The van der Waals surface area contributed by atoms with Crippen LogP contribution in [0.5, 0.6) is 0 Å². The number of rotatable bonds is 5. The van der Waals surface area contributed by atoms with Gasteiger partial charge in [-0.2, -0.15) is 0 Å². The van der Waals surface area contributed by atoms with E-state index in [9.17, 15) is 13.6 Å². The van der Waals surface area contributed by atoms with Gasteiger partial charge in [-0.3, -0.25) is 9.00 Å².